The summed E-state index contributed by atoms with van der Waals surface area (Å²) in [6.45, 7) is 2.00. The Hall–Kier alpha value is 0.440. The van der Waals surface area contributed by atoms with E-state index in [-0.39, 0.29) is 6.10 Å². The van der Waals surface area contributed by atoms with Gasteiger partial charge in [0.05, 0.1) is 6.10 Å². The van der Waals surface area contributed by atoms with Crippen LogP contribution in [0.2, 0.25) is 0 Å². The van der Waals surface area contributed by atoms with Gasteiger partial charge in [-0.15, -0.1) is 0 Å². The third-order valence-electron chi connectivity index (χ3n) is 1.14. The summed E-state index contributed by atoms with van der Waals surface area (Å²) >= 11 is 3.30. The van der Waals surface area contributed by atoms with Crippen LogP contribution >= 0.6 is 15.9 Å². The number of aliphatic hydroxyl groups excluding tert-OH is 1. The van der Waals surface area contributed by atoms with Gasteiger partial charge in [0.1, 0.15) is 0 Å². The first kappa shape index (κ1) is 8.44. The van der Waals surface area contributed by atoms with Gasteiger partial charge in [-0.25, -0.2) is 0 Å². The van der Waals surface area contributed by atoms with Crippen LogP contribution in [-0.2, 0) is 0 Å². The molecule has 0 radical (unpaired) electrons. The number of hydrogen-bond donors (Lipinski definition) is 1. The maximum atomic E-state index is 8.97. The van der Waals surface area contributed by atoms with E-state index in [2.05, 4.69) is 15.9 Å². The maximum Gasteiger partial charge on any atom is 0.0538 e. The minimum atomic E-state index is -0.0763. The van der Waals surface area contributed by atoms with Crippen molar-refractivity contribution in [3.8, 4) is 0 Å². The van der Waals surface area contributed by atoms with E-state index >= 15 is 0 Å². The number of aliphatic hydroxyl groups is 1. The van der Waals surface area contributed by atoms with E-state index in [1.165, 1.54) is 0 Å². The molecule has 0 saturated heterocycles. The third kappa shape index (κ3) is 4.60. The molecule has 0 rings (SSSR count). The Labute approximate surface area is 59.2 Å². The van der Waals surface area contributed by atoms with Gasteiger partial charge in [0.15, 0.2) is 0 Å². The molecule has 0 spiro atoms. The van der Waals surface area contributed by atoms with Crippen molar-refractivity contribution in [2.24, 2.45) is 0 Å². The highest BCUT2D eigenvalue weighted by atomic mass is 79.9. The molecule has 0 bridgehead atoms. The molecule has 0 aliphatic rings. The Kier molecular flexibility index (Phi) is 5.88. The first-order valence-corrected chi connectivity index (χ1v) is 4.17. The van der Waals surface area contributed by atoms with Crippen molar-refractivity contribution >= 4 is 15.9 Å². The third-order valence-corrected chi connectivity index (χ3v) is 1.70. The Morgan fingerprint density at radius 2 is 2.25 bits per heavy atom. The summed E-state index contributed by atoms with van der Waals surface area (Å²) in [5.74, 6) is 0. The predicted molar refractivity (Wildman–Crippen MR) is 39.3 cm³/mol. The Balaban J connectivity index is 2.86. The highest BCUT2D eigenvalue weighted by Gasteiger charge is 1.96. The SMILES string of the molecule is CCC(O)CCCBr. The highest BCUT2D eigenvalue weighted by Crippen LogP contribution is 2.01. The van der Waals surface area contributed by atoms with Crippen LogP contribution in [0.3, 0.4) is 0 Å². The fraction of sp³-hybridized carbons (Fsp3) is 1.00. The van der Waals surface area contributed by atoms with Crippen molar-refractivity contribution in [3.05, 3.63) is 0 Å². The van der Waals surface area contributed by atoms with Crippen LogP contribution < -0.4 is 0 Å². The summed E-state index contributed by atoms with van der Waals surface area (Å²) in [6.07, 6.45) is 2.82. The van der Waals surface area contributed by atoms with Crippen LogP contribution in [0, 0.1) is 0 Å². The molecule has 50 valence electrons. The van der Waals surface area contributed by atoms with Crippen LogP contribution in [0.25, 0.3) is 0 Å². The summed E-state index contributed by atoms with van der Waals surface area (Å²) in [6, 6.07) is 0. The highest BCUT2D eigenvalue weighted by molar-refractivity contribution is 9.09. The molecule has 1 N–H and O–H groups in total. The topological polar surface area (TPSA) is 20.2 Å². The van der Waals surface area contributed by atoms with E-state index in [0.717, 1.165) is 24.6 Å². The van der Waals surface area contributed by atoms with Crippen molar-refractivity contribution in [1.82, 2.24) is 0 Å². The van der Waals surface area contributed by atoms with Crippen LogP contribution in [0.4, 0.5) is 0 Å². The molecule has 0 fully saturated rings. The van der Waals surface area contributed by atoms with Gasteiger partial charge in [-0.1, -0.05) is 22.9 Å². The van der Waals surface area contributed by atoms with Gasteiger partial charge in [-0.3, -0.25) is 0 Å². The standard InChI is InChI=1S/C6H13BrO/c1-2-6(8)4-3-5-7/h6,8H,2-5H2,1H3. The van der Waals surface area contributed by atoms with Gasteiger partial charge < -0.3 is 5.11 Å². The zero-order valence-corrected chi connectivity index (χ0v) is 6.82. The lowest BCUT2D eigenvalue weighted by molar-refractivity contribution is 0.160. The molecule has 0 aliphatic heterocycles. The molecule has 0 saturated carbocycles. The largest absolute Gasteiger partial charge is 0.393 e. The van der Waals surface area contributed by atoms with Gasteiger partial charge in [-0.05, 0) is 19.3 Å². The molecule has 1 nitrogen and oxygen atoms in total. The Morgan fingerprint density at radius 3 is 2.62 bits per heavy atom. The molecule has 1 atom stereocenters. The molecule has 0 aromatic rings. The molecule has 0 amide bonds. The maximum absolute atomic E-state index is 8.97. The van der Waals surface area contributed by atoms with E-state index < -0.39 is 0 Å². The van der Waals surface area contributed by atoms with Gasteiger partial charge in [0.25, 0.3) is 0 Å². The molecule has 0 aliphatic carbocycles. The molecule has 0 aromatic carbocycles. The van der Waals surface area contributed by atoms with Crippen LogP contribution in [0.15, 0.2) is 0 Å². The first-order valence-electron chi connectivity index (χ1n) is 3.05. The van der Waals surface area contributed by atoms with Crippen molar-refractivity contribution in [2.75, 3.05) is 5.33 Å². The van der Waals surface area contributed by atoms with Gasteiger partial charge in [-0.2, -0.15) is 0 Å². The molecule has 1 unspecified atom stereocenters. The fourth-order valence-electron chi connectivity index (χ4n) is 0.517. The summed E-state index contributed by atoms with van der Waals surface area (Å²) in [5, 5.41) is 9.97. The zero-order chi connectivity index (χ0) is 6.41. The molecular weight excluding hydrogens is 168 g/mol. The average Bonchev–Trinajstić information content (AvgIpc) is 1.83. The second-order valence-corrected chi connectivity index (χ2v) is 2.69. The molecule has 8 heavy (non-hydrogen) atoms. The summed E-state index contributed by atoms with van der Waals surface area (Å²) in [4.78, 5) is 0. The quantitative estimate of drug-likeness (QED) is 0.657. The second-order valence-electron chi connectivity index (χ2n) is 1.89. The first-order chi connectivity index (χ1) is 3.81. The Bertz CT molecular complexity index is 47.8. The zero-order valence-electron chi connectivity index (χ0n) is 5.23. The average molecular weight is 181 g/mol. The van der Waals surface area contributed by atoms with Crippen LogP contribution in [0.5, 0.6) is 0 Å². The Morgan fingerprint density at radius 1 is 1.62 bits per heavy atom. The fourth-order valence-corrected chi connectivity index (χ4v) is 0.841. The number of alkyl halides is 1. The van der Waals surface area contributed by atoms with E-state index in [9.17, 15) is 0 Å². The summed E-state index contributed by atoms with van der Waals surface area (Å²) in [7, 11) is 0. The lowest BCUT2D eigenvalue weighted by atomic mass is 10.2. The van der Waals surface area contributed by atoms with E-state index in [4.69, 9.17) is 5.11 Å². The van der Waals surface area contributed by atoms with Crippen molar-refractivity contribution in [2.45, 2.75) is 32.3 Å². The lowest BCUT2D eigenvalue weighted by Gasteiger charge is -2.03. The van der Waals surface area contributed by atoms with Crippen LogP contribution in [0.1, 0.15) is 26.2 Å². The van der Waals surface area contributed by atoms with Crippen LogP contribution in [-0.4, -0.2) is 16.5 Å². The minimum Gasteiger partial charge on any atom is -0.393 e. The smallest absolute Gasteiger partial charge is 0.0538 e. The number of hydrogen-bond acceptors (Lipinski definition) is 1. The number of halogens is 1. The molecule has 2 heteroatoms. The molecule has 0 heterocycles. The molecule has 0 aromatic heterocycles. The molecular formula is C6H13BrO. The monoisotopic (exact) mass is 180 g/mol. The predicted octanol–water partition coefficient (Wildman–Crippen LogP) is 1.93. The van der Waals surface area contributed by atoms with Gasteiger partial charge in [0, 0.05) is 5.33 Å². The number of rotatable bonds is 4. The van der Waals surface area contributed by atoms with E-state index in [1.54, 1.807) is 0 Å². The van der Waals surface area contributed by atoms with E-state index in [1.807, 2.05) is 6.92 Å². The normalized spacial score (nSPS) is 13.9. The summed E-state index contributed by atoms with van der Waals surface area (Å²) < 4.78 is 0. The van der Waals surface area contributed by atoms with Crippen molar-refractivity contribution < 1.29 is 5.11 Å². The van der Waals surface area contributed by atoms with E-state index in [0.29, 0.717) is 0 Å². The van der Waals surface area contributed by atoms with Crippen molar-refractivity contribution in [3.63, 3.8) is 0 Å². The van der Waals surface area contributed by atoms with Crippen molar-refractivity contribution in [1.29, 1.82) is 0 Å². The minimum absolute atomic E-state index is 0.0763. The van der Waals surface area contributed by atoms with Gasteiger partial charge in [0.2, 0.25) is 0 Å². The van der Waals surface area contributed by atoms with Gasteiger partial charge >= 0.3 is 0 Å². The second kappa shape index (κ2) is 5.57. The lowest BCUT2D eigenvalue weighted by Crippen LogP contribution is -2.03. The summed E-state index contributed by atoms with van der Waals surface area (Å²) in [5.41, 5.74) is 0.